The van der Waals surface area contributed by atoms with Crippen LogP contribution in [0.1, 0.15) is 17.6 Å². The van der Waals surface area contributed by atoms with E-state index >= 15 is 0 Å². The van der Waals surface area contributed by atoms with Crippen LogP contribution in [0.3, 0.4) is 0 Å². The second-order valence-electron chi connectivity index (χ2n) is 2.95. The lowest BCUT2D eigenvalue weighted by atomic mass is 10.2. The fourth-order valence-electron chi connectivity index (χ4n) is 1.14. The molecule has 0 unspecified atom stereocenters. The highest BCUT2D eigenvalue weighted by atomic mass is 32.2. The minimum atomic E-state index is -5.14. The van der Waals surface area contributed by atoms with Gasteiger partial charge in [-0.05, 0) is 0 Å². The van der Waals surface area contributed by atoms with E-state index in [1.165, 1.54) is 0 Å². The van der Waals surface area contributed by atoms with Crippen LogP contribution in [0.25, 0.3) is 0 Å². The summed E-state index contributed by atoms with van der Waals surface area (Å²) in [5.41, 5.74) is -3.18. The first kappa shape index (κ1) is 13.8. The second-order valence-corrected chi connectivity index (χ2v) is 4.45. The van der Waals surface area contributed by atoms with Crippen molar-refractivity contribution in [1.82, 2.24) is 4.98 Å². The lowest BCUT2D eigenvalue weighted by Gasteiger charge is -2.13. The van der Waals surface area contributed by atoms with Gasteiger partial charge in [0.15, 0.2) is 0 Å². The van der Waals surface area contributed by atoms with Gasteiger partial charge in [0.05, 0.1) is 11.1 Å². The van der Waals surface area contributed by atoms with Crippen LogP contribution in [0.2, 0.25) is 0 Å². The van der Waals surface area contributed by atoms with Crippen LogP contribution in [0, 0.1) is 0 Å². The molecule has 96 valence electrons. The van der Waals surface area contributed by atoms with Crippen LogP contribution >= 0.6 is 0 Å². The molecule has 1 rings (SSSR count). The second kappa shape index (κ2) is 4.18. The summed E-state index contributed by atoms with van der Waals surface area (Å²) in [6, 6.07) is 0. The molecule has 0 saturated heterocycles. The van der Waals surface area contributed by atoms with Gasteiger partial charge in [0.1, 0.15) is 4.90 Å². The van der Waals surface area contributed by atoms with Gasteiger partial charge in [-0.1, -0.05) is 0 Å². The van der Waals surface area contributed by atoms with Crippen molar-refractivity contribution in [3.63, 3.8) is 0 Å². The third kappa shape index (κ3) is 2.88. The van der Waals surface area contributed by atoms with Gasteiger partial charge in [-0.25, -0.2) is 22.3 Å². The molecule has 0 radical (unpaired) electrons. The smallest absolute Gasteiger partial charge is 0.264 e. The van der Waals surface area contributed by atoms with Crippen LogP contribution in [0.5, 0.6) is 0 Å². The van der Waals surface area contributed by atoms with Crippen LogP contribution in [-0.4, -0.2) is 13.4 Å². The summed E-state index contributed by atoms with van der Waals surface area (Å²) in [5.74, 6) is 0. The number of nitrogens with zero attached hydrogens (tertiary/aromatic N) is 1. The molecule has 0 aromatic carbocycles. The lowest BCUT2D eigenvalue weighted by molar-refractivity contribution is -0.140. The number of halogens is 5. The maximum absolute atomic E-state index is 12.4. The first-order chi connectivity index (χ1) is 7.55. The Morgan fingerprint density at radius 3 is 2.12 bits per heavy atom. The van der Waals surface area contributed by atoms with Crippen LogP contribution in [0.15, 0.2) is 17.3 Å². The topological polar surface area (TPSA) is 73.1 Å². The van der Waals surface area contributed by atoms with E-state index < -0.39 is 38.6 Å². The predicted molar refractivity (Wildman–Crippen MR) is 45.6 cm³/mol. The predicted octanol–water partition coefficient (Wildman–Crippen LogP) is 1.69. The highest BCUT2D eigenvalue weighted by Crippen LogP contribution is 2.37. The largest absolute Gasteiger partial charge is 0.419 e. The standard InChI is InChI=1S/C7H5F5N2O2S/c8-6(9)3-1-14-2-4(7(10,11)12)5(3)17(13,15)16/h1-2,6H,(H2,13,15,16). The summed E-state index contributed by atoms with van der Waals surface area (Å²) in [6.45, 7) is 0. The Hall–Kier alpha value is -1.29. The Bertz CT molecular complexity index is 526. The number of rotatable bonds is 2. The third-order valence-electron chi connectivity index (χ3n) is 1.75. The Balaban J connectivity index is 3.70. The van der Waals surface area contributed by atoms with E-state index in [0.717, 1.165) is 0 Å². The maximum Gasteiger partial charge on any atom is 0.419 e. The molecule has 1 aromatic heterocycles. The van der Waals surface area contributed by atoms with Crippen molar-refractivity contribution in [2.45, 2.75) is 17.5 Å². The van der Waals surface area contributed by atoms with Gasteiger partial charge in [-0.3, -0.25) is 4.98 Å². The van der Waals surface area contributed by atoms with Crippen LogP contribution < -0.4 is 5.14 Å². The molecule has 0 bridgehead atoms. The molecule has 17 heavy (non-hydrogen) atoms. The van der Waals surface area contributed by atoms with Gasteiger partial charge >= 0.3 is 6.18 Å². The van der Waals surface area contributed by atoms with E-state index in [1.54, 1.807) is 0 Å². The van der Waals surface area contributed by atoms with Gasteiger partial charge < -0.3 is 0 Å². The van der Waals surface area contributed by atoms with Gasteiger partial charge in [-0.15, -0.1) is 0 Å². The highest BCUT2D eigenvalue weighted by molar-refractivity contribution is 7.89. The summed E-state index contributed by atoms with van der Waals surface area (Å²) >= 11 is 0. The molecule has 0 atom stereocenters. The third-order valence-corrected chi connectivity index (χ3v) is 2.77. The Morgan fingerprint density at radius 2 is 1.76 bits per heavy atom. The van der Waals surface area contributed by atoms with E-state index in [4.69, 9.17) is 0 Å². The zero-order chi connectivity index (χ0) is 13.4. The van der Waals surface area contributed by atoms with Crippen molar-refractivity contribution in [3.05, 3.63) is 23.5 Å². The van der Waals surface area contributed by atoms with Crippen molar-refractivity contribution in [2.75, 3.05) is 0 Å². The van der Waals surface area contributed by atoms with E-state index in [2.05, 4.69) is 10.1 Å². The van der Waals surface area contributed by atoms with Crippen molar-refractivity contribution in [3.8, 4) is 0 Å². The average Bonchev–Trinajstić information content (AvgIpc) is 2.13. The molecule has 0 fully saturated rings. The normalized spacial score (nSPS) is 13.1. The molecular formula is C7H5F5N2O2S. The SMILES string of the molecule is NS(=O)(=O)c1c(C(F)F)cncc1C(F)(F)F. The molecule has 0 spiro atoms. The summed E-state index contributed by atoms with van der Waals surface area (Å²) < 4.78 is 83.9. The quantitative estimate of drug-likeness (QED) is 0.835. The zero-order valence-corrected chi connectivity index (χ0v) is 8.69. The molecule has 0 aliphatic heterocycles. The van der Waals surface area contributed by atoms with E-state index in [9.17, 15) is 30.4 Å². The number of alkyl halides is 5. The molecule has 0 saturated carbocycles. The Morgan fingerprint density at radius 1 is 1.24 bits per heavy atom. The molecule has 1 aromatic rings. The van der Waals surface area contributed by atoms with Crippen LogP contribution in [0.4, 0.5) is 22.0 Å². The van der Waals surface area contributed by atoms with E-state index in [0.29, 0.717) is 6.20 Å². The van der Waals surface area contributed by atoms with Gasteiger partial charge in [0.25, 0.3) is 6.43 Å². The first-order valence-corrected chi connectivity index (χ1v) is 5.46. The molecule has 0 aliphatic rings. The summed E-state index contributed by atoms with van der Waals surface area (Å²) in [5, 5.41) is 4.50. The fraction of sp³-hybridized carbons (Fsp3) is 0.286. The minimum absolute atomic E-state index is 0.131. The van der Waals surface area contributed by atoms with E-state index in [-0.39, 0.29) is 6.20 Å². The molecular weight excluding hydrogens is 271 g/mol. The Kier molecular flexibility index (Phi) is 3.39. The Labute approximate surface area is 92.3 Å². The molecule has 0 aliphatic carbocycles. The summed E-state index contributed by atoms with van der Waals surface area (Å²) in [7, 11) is -4.93. The number of pyridine rings is 1. The monoisotopic (exact) mass is 276 g/mol. The zero-order valence-electron chi connectivity index (χ0n) is 7.87. The lowest BCUT2D eigenvalue weighted by Crippen LogP contribution is -2.21. The number of primary sulfonamides is 1. The molecule has 1 heterocycles. The van der Waals surface area contributed by atoms with Gasteiger partial charge in [-0.2, -0.15) is 13.2 Å². The number of nitrogens with two attached hydrogens (primary N) is 1. The molecule has 2 N–H and O–H groups in total. The van der Waals surface area contributed by atoms with E-state index in [1.807, 2.05) is 0 Å². The molecule has 10 heteroatoms. The number of sulfonamides is 1. The summed E-state index contributed by atoms with van der Waals surface area (Å²) in [4.78, 5) is 1.28. The average molecular weight is 276 g/mol. The number of hydrogen-bond acceptors (Lipinski definition) is 3. The van der Waals surface area contributed by atoms with Crippen molar-refractivity contribution < 1.29 is 30.4 Å². The number of hydrogen-bond donors (Lipinski definition) is 1. The van der Waals surface area contributed by atoms with Gasteiger partial charge in [0.2, 0.25) is 10.0 Å². The van der Waals surface area contributed by atoms with Crippen molar-refractivity contribution in [2.24, 2.45) is 5.14 Å². The molecule has 0 amide bonds. The first-order valence-electron chi connectivity index (χ1n) is 3.91. The van der Waals surface area contributed by atoms with Gasteiger partial charge in [0, 0.05) is 12.4 Å². The maximum atomic E-state index is 12.4. The fourth-order valence-corrected chi connectivity index (χ4v) is 2.09. The van der Waals surface area contributed by atoms with Crippen molar-refractivity contribution in [1.29, 1.82) is 0 Å². The minimum Gasteiger partial charge on any atom is -0.264 e. The van der Waals surface area contributed by atoms with Crippen LogP contribution in [-0.2, 0) is 16.2 Å². The molecule has 4 nitrogen and oxygen atoms in total. The number of aromatic nitrogens is 1. The highest BCUT2D eigenvalue weighted by Gasteiger charge is 2.39. The summed E-state index contributed by atoms with van der Waals surface area (Å²) in [6.07, 6.45) is -8.11. The van der Waals surface area contributed by atoms with Crippen molar-refractivity contribution >= 4 is 10.0 Å².